The van der Waals surface area contributed by atoms with Crippen LogP contribution in [0.15, 0.2) is 60.8 Å². The van der Waals surface area contributed by atoms with Crippen LogP contribution in [0.4, 0.5) is 4.79 Å². The van der Waals surface area contributed by atoms with Gasteiger partial charge in [-0.2, -0.15) is 0 Å². The van der Waals surface area contributed by atoms with E-state index >= 15 is 0 Å². The largest absolute Gasteiger partial charge is 0.464 e. The lowest BCUT2D eigenvalue weighted by Gasteiger charge is -2.24. The average Bonchev–Trinajstić information content (AvgIpc) is 3.62. The SMILES string of the molecule is CCCCCCCCCCCCn1cc(CO[C@H](CP(=O)(O)OCCCN(Cc2ccc(-c3ccccc3)cc2)C(=O)OCC(Cl)(Cl)Cl)C(=O)OCC)nn1. The second-order valence-corrected chi connectivity index (χ2v) is 17.8. The summed E-state index contributed by atoms with van der Waals surface area (Å²) in [6, 6.07) is 17.5. The van der Waals surface area contributed by atoms with Gasteiger partial charge in [0.15, 0.2) is 6.10 Å². The molecular formula is C39H56Cl3N4O8P. The van der Waals surface area contributed by atoms with Crippen LogP contribution >= 0.6 is 42.4 Å². The number of esters is 1. The number of benzene rings is 2. The van der Waals surface area contributed by atoms with Gasteiger partial charge in [-0.05, 0) is 36.5 Å². The molecule has 1 aromatic heterocycles. The zero-order valence-corrected chi connectivity index (χ0v) is 35.1. The Hall–Kier alpha value is -2.70. The number of unbranched alkanes of at least 4 members (excludes halogenated alkanes) is 9. The minimum atomic E-state index is -4.35. The first-order valence-corrected chi connectivity index (χ1v) is 22.0. The van der Waals surface area contributed by atoms with E-state index in [1.165, 1.54) is 56.3 Å². The van der Waals surface area contributed by atoms with Crippen LogP contribution in [-0.2, 0) is 47.8 Å². The molecule has 16 heteroatoms. The summed E-state index contributed by atoms with van der Waals surface area (Å²) in [5.74, 6) is -0.792. The second kappa shape index (κ2) is 25.5. The standard InChI is InChI=1S/C39H56Cl3N4O8P/c1-3-5-6-7-8-9-10-11-12-16-25-46-28-35(43-44-46)29-52-36(37(47)51-4-2)30-55(49,50)54-26-17-24-45(38(48)53-31-39(40,41)42)27-32-20-22-34(23-21-32)33-18-14-13-15-19-33/h13-15,18-23,28,36H,3-12,16-17,24-27,29-31H2,1-2H3,(H,49,50)/t36-/m1/s1. The molecule has 1 N–H and O–H groups in total. The summed E-state index contributed by atoms with van der Waals surface area (Å²) in [6.45, 7) is 4.10. The van der Waals surface area contributed by atoms with Gasteiger partial charge in [0, 0.05) is 19.6 Å². The Labute approximate surface area is 340 Å². The summed E-state index contributed by atoms with van der Waals surface area (Å²) in [7, 11) is -4.35. The van der Waals surface area contributed by atoms with Crippen LogP contribution in [0, 0.1) is 0 Å². The third kappa shape index (κ3) is 19.8. The van der Waals surface area contributed by atoms with Gasteiger partial charge in [0.2, 0.25) is 3.79 Å². The van der Waals surface area contributed by atoms with Crippen molar-refractivity contribution in [3.8, 4) is 11.1 Å². The van der Waals surface area contributed by atoms with Crippen molar-refractivity contribution >= 4 is 54.5 Å². The number of aromatic nitrogens is 3. The summed E-state index contributed by atoms with van der Waals surface area (Å²) in [5.41, 5.74) is 3.36. The van der Waals surface area contributed by atoms with Gasteiger partial charge < -0.3 is 28.5 Å². The van der Waals surface area contributed by atoms with E-state index in [0.717, 1.165) is 29.5 Å². The second-order valence-electron chi connectivity index (χ2n) is 13.4. The van der Waals surface area contributed by atoms with Gasteiger partial charge in [0.05, 0.1) is 32.2 Å². The van der Waals surface area contributed by atoms with Crippen molar-refractivity contribution in [2.24, 2.45) is 0 Å². The zero-order chi connectivity index (χ0) is 39.9. The lowest BCUT2D eigenvalue weighted by atomic mass is 10.0. The number of hydrogen-bond acceptors (Lipinski definition) is 9. The molecule has 3 rings (SSSR count). The quantitative estimate of drug-likeness (QED) is 0.0341. The molecule has 0 radical (unpaired) electrons. The molecule has 12 nitrogen and oxygen atoms in total. The van der Waals surface area contributed by atoms with Crippen molar-refractivity contribution in [1.82, 2.24) is 19.9 Å². The highest BCUT2D eigenvalue weighted by Gasteiger charge is 2.32. The predicted molar refractivity (Wildman–Crippen MR) is 216 cm³/mol. The van der Waals surface area contributed by atoms with Gasteiger partial charge in [-0.3, -0.25) is 9.25 Å². The topological polar surface area (TPSA) is 142 Å². The summed E-state index contributed by atoms with van der Waals surface area (Å²) < 4.78 is 34.4. The van der Waals surface area contributed by atoms with Gasteiger partial charge in [0.1, 0.15) is 12.3 Å². The Bertz CT molecular complexity index is 1580. The van der Waals surface area contributed by atoms with Gasteiger partial charge in [-0.1, -0.05) is 159 Å². The summed E-state index contributed by atoms with van der Waals surface area (Å²) in [6.07, 6.45) is 11.5. The molecule has 55 heavy (non-hydrogen) atoms. The summed E-state index contributed by atoms with van der Waals surface area (Å²) in [5, 5.41) is 8.28. The highest BCUT2D eigenvalue weighted by atomic mass is 35.6. The molecule has 3 aromatic rings. The van der Waals surface area contributed by atoms with Crippen molar-refractivity contribution in [1.29, 1.82) is 0 Å². The van der Waals surface area contributed by atoms with E-state index in [9.17, 15) is 19.0 Å². The van der Waals surface area contributed by atoms with Crippen LogP contribution < -0.4 is 0 Å². The van der Waals surface area contributed by atoms with E-state index in [1.807, 2.05) is 54.6 Å². The molecule has 1 unspecified atom stereocenters. The van der Waals surface area contributed by atoms with E-state index in [4.69, 9.17) is 53.5 Å². The van der Waals surface area contributed by atoms with Crippen molar-refractivity contribution in [3.63, 3.8) is 0 Å². The van der Waals surface area contributed by atoms with Gasteiger partial charge >= 0.3 is 19.7 Å². The smallest absolute Gasteiger partial charge is 0.410 e. The molecule has 2 atom stereocenters. The fourth-order valence-corrected chi connectivity index (χ4v) is 7.10. The van der Waals surface area contributed by atoms with Gasteiger partial charge in [-0.15, -0.1) is 5.10 Å². The Kier molecular flexibility index (Phi) is 21.7. The normalized spacial score (nSPS) is 13.3. The first-order valence-electron chi connectivity index (χ1n) is 19.2. The third-order valence-corrected chi connectivity index (χ3v) is 10.3. The molecule has 0 saturated carbocycles. The third-order valence-electron chi connectivity index (χ3n) is 8.62. The maximum absolute atomic E-state index is 13.1. The molecule has 0 fully saturated rings. The minimum absolute atomic E-state index is 0.0590. The highest BCUT2D eigenvalue weighted by molar-refractivity contribution is 7.52. The maximum Gasteiger partial charge on any atom is 0.410 e. The molecule has 1 amide bonds. The molecule has 306 valence electrons. The zero-order valence-electron chi connectivity index (χ0n) is 32.0. The lowest BCUT2D eigenvalue weighted by Crippen LogP contribution is -2.34. The average molecular weight is 846 g/mol. The highest BCUT2D eigenvalue weighted by Crippen LogP contribution is 2.43. The van der Waals surface area contributed by atoms with E-state index < -0.39 is 42.3 Å². The number of rotatable bonds is 27. The van der Waals surface area contributed by atoms with E-state index in [-0.39, 0.29) is 39.3 Å². The molecule has 0 aliphatic rings. The Balaban J connectivity index is 1.48. The molecular weight excluding hydrogens is 790 g/mol. The van der Waals surface area contributed by atoms with Crippen LogP contribution in [0.3, 0.4) is 0 Å². The van der Waals surface area contributed by atoms with Crippen LogP contribution in [0.2, 0.25) is 0 Å². The number of carbonyl (C=O) groups excluding carboxylic acids is 2. The number of alkyl halides is 3. The number of aryl methyl sites for hydroxylation is 1. The van der Waals surface area contributed by atoms with E-state index in [1.54, 1.807) is 17.8 Å². The monoisotopic (exact) mass is 844 g/mol. The van der Waals surface area contributed by atoms with Gasteiger partial charge in [0.25, 0.3) is 0 Å². The van der Waals surface area contributed by atoms with Crippen LogP contribution in [0.25, 0.3) is 11.1 Å². The first-order chi connectivity index (χ1) is 26.4. The summed E-state index contributed by atoms with van der Waals surface area (Å²) in [4.78, 5) is 37.8. The molecule has 0 saturated heterocycles. The van der Waals surface area contributed by atoms with Crippen molar-refractivity contribution in [2.45, 2.75) is 114 Å². The molecule has 2 aromatic carbocycles. The minimum Gasteiger partial charge on any atom is -0.464 e. The fraction of sp³-hybridized carbons (Fsp3) is 0.590. The lowest BCUT2D eigenvalue weighted by molar-refractivity contribution is -0.156. The molecule has 0 spiro atoms. The van der Waals surface area contributed by atoms with Crippen LogP contribution in [0.5, 0.6) is 0 Å². The number of carbonyl (C=O) groups is 2. The number of hydrogen-bond donors (Lipinski definition) is 1. The fourth-order valence-electron chi connectivity index (χ4n) is 5.74. The number of ether oxygens (including phenoxy) is 3. The molecule has 1 heterocycles. The van der Waals surface area contributed by atoms with Crippen molar-refractivity contribution in [3.05, 3.63) is 72.1 Å². The van der Waals surface area contributed by atoms with Crippen LogP contribution in [-0.4, -0.2) is 79.3 Å². The molecule has 0 aliphatic heterocycles. The van der Waals surface area contributed by atoms with Crippen molar-refractivity contribution < 1.29 is 37.8 Å². The van der Waals surface area contributed by atoms with Gasteiger partial charge in [-0.25, -0.2) is 9.59 Å². The predicted octanol–water partition coefficient (Wildman–Crippen LogP) is 9.92. The molecule has 0 aliphatic carbocycles. The molecule has 0 bridgehead atoms. The number of halogens is 3. The van der Waals surface area contributed by atoms with Crippen molar-refractivity contribution in [2.75, 3.05) is 32.5 Å². The van der Waals surface area contributed by atoms with E-state index in [2.05, 4.69) is 17.2 Å². The first kappa shape index (κ1) is 46.7. The maximum atomic E-state index is 13.1. The Morgan fingerprint density at radius 3 is 2.15 bits per heavy atom. The Morgan fingerprint density at radius 2 is 1.51 bits per heavy atom. The van der Waals surface area contributed by atoms with E-state index in [0.29, 0.717) is 12.2 Å². The Morgan fingerprint density at radius 1 is 0.873 bits per heavy atom. The number of amides is 1. The number of nitrogens with zero attached hydrogens (tertiary/aromatic N) is 4. The van der Waals surface area contributed by atoms with Crippen LogP contribution in [0.1, 0.15) is 95.7 Å². The summed E-state index contributed by atoms with van der Waals surface area (Å²) >= 11 is 17.4.